The van der Waals surface area contributed by atoms with E-state index in [1.54, 1.807) is 0 Å². The standard InChI is InChI=1S/C12H24N2O/c13-12(15)8-5-9-14-10-11-6-3-1-2-4-7-11/h11,14H,1-10H2,(H2,13,15). The van der Waals surface area contributed by atoms with Gasteiger partial charge in [0.25, 0.3) is 0 Å². The highest BCUT2D eigenvalue weighted by Crippen LogP contribution is 2.21. The van der Waals surface area contributed by atoms with Crippen molar-refractivity contribution in [1.29, 1.82) is 0 Å². The van der Waals surface area contributed by atoms with Crippen LogP contribution in [0.3, 0.4) is 0 Å². The molecular weight excluding hydrogens is 188 g/mol. The van der Waals surface area contributed by atoms with Crippen molar-refractivity contribution in [1.82, 2.24) is 5.32 Å². The van der Waals surface area contributed by atoms with Crippen LogP contribution in [0.15, 0.2) is 0 Å². The van der Waals surface area contributed by atoms with Gasteiger partial charge in [-0.15, -0.1) is 0 Å². The highest BCUT2D eigenvalue weighted by atomic mass is 16.1. The van der Waals surface area contributed by atoms with Crippen LogP contribution in [0, 0.1) is 5.92 Å². The third-order valence-electron chi connectivity index (χ3n) is 3.18. The molecule has 0 spiro atoms. The Hall–Kier alpha value is -0.570. The lowest BCUT2D eigenvalue weighted by Gasteiger charge is -2.14. The van der Waals surface area contributed by atoms with Crippen molar-refractivity contribution in [2.45, 2.75) is 51.4 Å². The molecule has 0 unspecified atom stereocenters. The second-order valence-electron chi connectivity index (χ2n) is 4.63. The summed E-state index contributed by atoms with van der Waals surface area (Å²) in [6.45, 7) is 2.05. The molecular formula is C12H24N2O. The zero-order chi connectivity index (χ0) is 10.9. The first-order valence-electron chi connectivity index (χ1n) is 6.28. The average molecular weight is 212 g/mol. The molecule has 1 aliphatic carbocycles. The SMILES string of the molecule is NC(=O)CCCNCC1CCCCCC1. The second kappa shape index (κ2) is 7.69. The maximum Gasteiger partial charge on any atom is 0.217 e. The van der Waals surface area contributed by atoms with Crippen LogP contribution < -0.4 is 11.1 Å². The van der Waals surface area contributed by atoms with Gasteiger partial charge in [0.15, 0.2) is 0 Å². The van der Waals surface area contributed by atoms with Crippen molar-refractivity contribution in [2.75, 3.05) is 13.1 Å². The van der Waals surface area contributed by atoms with Crippen LogP contribution >= 0.6 is 0 Å². The minimum atomic E-state index is -0.189. The number of carbonyl (C=O) groups is 1. The Balaban J connectivity index is 1.96. The molecule has 0 radical (unpaired) electrons. The van der Waals surface area contributed by atoms with Gasteiger partial charge in [0.1, 0.15) is 0 Å². The van der Waals surface area contributed by atoms with Gasteiger partial charge >= 0.3 is 0 Å². The van der Waals surface area contributed by atoms with Gasteiger partial charge < -0.3 is 11.1 Å². The minimum Gasteiger partial charge on any atom is -0.370 e. The molecule has 1 rings (SSSR count). The van der Waals surface area contributed by atoms with Crippen LogP contribution in [-0.4, -0.2) is 19.0 Å². The number of carbonyl (C=O) groups excluding carboxylic acids is 1. The Kier molecular flexibility index (Phi) is 6.41. The molecule has 0 aliphatic heterocycles. The van der Waals surface area contributed by atoms with Gasteiger partial charge in [0.2, 0.25) is 5.91 Å². The van der Waals surface area contributed by atoms with Crippen molar-refractivity contribution < 1.29 is 4.79 Å². The van der Waals surface area contributed by atoms with E-state index in [0.29, 0.717) is 6.42 Å². The van der Waals surface area contributed by atoms with E-state index in [-0.39, 0.29) is 5.91 Å². The quantitative estimate of drug-likeness (QED) is 0.521. The molecule has 1 fully saturated rings. The summed E-state index contributed by atoms with van der Waals surface area (Å²) in [5, 5.41) is 3.43. The molecule has 0 aromatic heterocycles. The van der Waals surface area contributed by atoms with Gasteiger partial charge in [0.05, 0.1) is 0 Å². The zero-order valence-corrected chi connectivity index (χ0v) is 9.63. The Morgan fingerprint density at radius 3 is 2.47 bits per heavy atom. The largest absolute Gasteiger partial charge is 0.370 e. The Morgan fingerprint density at radius 2 is 1.87 bits per heavy atom. The Bertz CT molecular complexity index is 174. The summed E-state index contributed by atoms with van der Waals surface area (Å²) in [5.74, 6) is 0.673. The summed E-state index contributed by atoms with van der Waals surface area (Å²) < 4.78 is 0. The normalized spacial score (nSPS) is 18.7. The van der Waals surface area contributed by atoms with Gasteiger partial charge in [-0.3, -0.25) is 4.79 Å². The average Bonchev–Trinajstić information content (AvgIpc) is 2.45. The molecule has 1 saturated carbocycles. The molecule has 0 atom stereocenters. The smallest absolute Gasteiger partial charge is 0.217 e. The van der Waals surface area contributed by atoms with Gasteiger partial charge in [-0.25, -0.2) is 0 Å². The summed E-state index contributed by atoms with van der Waals surface area (Å²) in [5.41, 5.74) is 5.07. The van der Waals surface area contributed by atoms with E-state index in [0.717, 1.165) is 25.4 Å². The number of amides is 1. The van der Waals surface area contributed by atoms with Crippen LogP contribution in [0.5, 0.6) is 0 Å². The molecule has 3 N–H and O–H groups in total. The Morgan fingerprint density at radius 1 is 1.20 bits per heavy atom. The molecule has 0 heterocycles. The van der Waals surface area contributed by atoms with E-state index in [9.17, 15) is 4.79 Å². The molecule has 1 amide bonds. The number of primary amides is 1. The fourth-order valence-corrected chi connectivity index (χ4v) is 2.26. The molecule has 3 heteroatoms. The van der Waals surface area contributed by atoms with E-state index in [1.807, 2.05) is 0 Å². The zero-order valence-electron chi connectivity index (χ0n) is 9.63. The van der Waals surface area contributed by atoms with Crippen LogP contribution in [0.2, 0.25) is 0 Å². The van der Waals surface area contributed by atoms with Crippen LogP contribution in [0.25, 0.3) is 0 Å². The summed E-state index contributed by atoms with van der Waals surface area (Å²) >= 11 is 0. The van der Waals surface area contributed by atoms with Crippen molar-refractivity contribution in [2.24, 2.45) is 11.7 Å². The summed E-state index contributed by atoms with van der Waals surface area (Å²) in [6, 6.07) is 0. The maximum absolute atomic E-state index is 10.5. The molecule has 0 aromatic rings. The van der Waals surface area contributed by atoms with Crippen molar-refractivity contribution in [3.8, 4) is 0 Å². The fraction of sp³-hybridized carbons (Fsp3) is 0.917. The number of hydrogen-bond acceptors (Lipinski definition) is 2. The van der Waals surface area contributed by atoms with Crippen LogP contribution in [0.4, 0.5) is 0 Å². The monoisotopic (exact) mass is 212 g/mol. The molecule has 1 aliphatic rings. The third-order valence-corrected chi connectivity index (χ3v) is 3.18. The van der Waals surface area contributed by atoms with E-state index in [2.05, 4.69) is 5.32 Å². The molecule has 0 bridgehead atoms. The summed E-state index contributed by atoms with van der Waals surface area (Å²) in [4.78, 5) is 10.5. The molecule has 15 heavy (non-hydrogen) atoms. The fourth-order valence-electron chi connectivity index (χ4n) is 2.26. The van der Waals surface area contributed by atoms with Gasteiger partial charge in [-0.2, -0.15) is 0 Å². The number of nitrogens with two attached hydrogens (primary N) is 1. The highest BCUT2D eigenvalue weighted by Gasteiger charge is 2.11. The predicted octanol–water partition coefficient (Wildman–Crippen LogP) is 1.81. The van der Waals surface area contributed by atoms with Gasteiger partial charge in [-0.05, 0) is 38.3 Å². The van der Waals surface area contributed by atoms with Gasteiger partial charge in [0, 0.05) is 6.42 Å². The first-order chi connectivity index (χ1) is 7.29. The molecule has 0 aromatic carbocycles. The molecule has 88 valence electrons. The van der Waals surface area contributed by atoms with Crippen molar-refractivity contribution in [3.63, 3.8) is 0 Å². The lowest BCUT2D eigenvalue weighted by molar-refractivity contribution is -0.118. The summed E-state index contributed by atoms with van der Waals surface area (Å²) in [6.07, 6.45) is 9.77. The number of hydrogen-bond donors (Lipinski definition) is 2. The van der Waals surface area contributed by atoms with E-state index >= 15 is 0 Å². The topological polar surface area (TPSA) is 55.1 Å². The van der Waals surface area contributed by atoms with Crippen molar-refractivity contribution in [3.05, 3.63) is 0 Å². The van der Waals surface area contributed by atoms with Gasteiger partial charge in [-0.1, -0.05) is 25.7 Å². The van der Waals surface area contributed by atoms with E-state index < -0.39 is 0 Å². The molecule has 3 nitrogen and oxygen atoms in total. The third kappa shape index (κ3) is 6.50. The lowest BCUT2D eigenvalue weighted by Crippen LogP contribution is -2.24. The predicted molar refractivity (Wildman–Crippen MR) is 62.5 cm³/mol. The van der Waals surface area contributed by atoms with E-state index in [1.165, 1.54) is 38.5 Å². The van der Waals surface area contributed by atoms with Crippen molar-refractivity contribution >= 4 is 5.91 Å². The lowest BCUT2D eigenvalue weighted by atomic mass is 10.0. The summed E-state index contributed by atoms with van der Waals surface area (Å²) in [7, 11) is 0. The first-order valence-corrected chi connectivity index (χ1v) is 6.28. The molecule has 0 saturated heterocycles. The maximum atomic E-state index is 10.5. The number of rotatable bonds is 6. The highest BCUT2D eigenvalue weighted by molar-refractivity contribution is 5.73. The number of nitrogens with one attached hydrogen (secondary N) is 1. The Labute approximate surface area is 92.8 Å². The van der Waals surface area contributed by atoms with E-state index in [4.69, 9.17) is 5.73 Å². The minimum absolute atomic E-state index is 0.189. The second-order valence-corrected chi connectivity index (χ2v) is 4.63. The van der Waals surface area contributed by atoms with Crippen LogP contribution in [-0.2, 0) is 4.79 Å². The van der Waals surface area contributed by atoms with Crippen LogP contribution in [0.1, 0.15) is 51.4 Å². The first kappa shape index (κ1) is 12.5.